The standard InChI is InChI=1S/C11H24ClN/c1-4-10(5-2)9-13-11(6-3)7-8-12/h10-11,13H,4-9H2,1-3H3. The summed E-state index contributed by atoms with van der Waals surface area (Å²) in [5.74, 6) is 1.61. The maximum atomic E-state index is 5.72. The summed E-state index contributed by atoms with van der Waals surface area (Å²) >= 11 is 5.72. The SMILES string of the molecule is CCC(CC)CNC(CC)CCCl. The molecule has 2 heteroatoms. The first-order valence-corrected chi connectivity index (χ1v) is 6.11. The molecule has 0 aromatic carbocycles. The normalized spacial score (nSPS) is 13.6. The van der Waals surface area contributed by atoms with E-state index in [4.69, 9.17) is 11.6 Å². The number of alkyl halides is 1. The zero-order chi connectivity index (χ0) is 10.1. The highest BCUT2D eigenvalue weighted by Gasteiger charge is 2.07. The van der Waals surface area contributed by atoms with Gasteiger partial charge in [0.1, 0.15) is 0 Å². The van der Waals surface area contributed by atoms with Gasteiger partial charge in [-0.1, -0.05) is 33.6 Å². The molecule has 0 aliphatic carbocycles. The molecule has 0 spiro atoms. The van der Waals surface area contributed by atoms with Crippen molar-refractivity contribution in [1.29, 1.82) is 0 Å². The molecule has 0 aliphatic rings. The van der Waals surface area contributed by atoms with Crippen molar-refractivity contribution >= 4 is 11.6 Å². The van der Waals surface area contributed by atoms with Crippen LogP contribution in [0.5, 0.6) is 0 Å². The number of hydrogen-bond donors (Lipinski definition) is 1. The Kier molecular flexibility index (Phi) is 9.00. The Balaban J connectivity index is 3.56. The average Bonchev–Trinajstić information content (AvgIpc) is 2.17. The second-order valence-corrected chi connectivity index (χ2v) is 4.05. The maximum Gasteiger partial charge on any atom is 0.0238 e. The Bertz CT molecular complexity index is 102. The van der Waals surface area contributed by atoms with E-state index in [0.29, 0.717) is 6.04 Å². The molecule has 0 rings (SSSR count). The van der Waals surface area contributed by atoms with Crippen molar-refractivity contribution in [3.63, 3.8) is 0 Å². The highest BCUT2D eigenvalue weighted by molar-refractivity contribution is 6.17. The number of rotatable bonds is 8. The summed E-state index contributed by atoms with van der Waals surface area (Å²) in [6, 6.07) is 0.623. The molecule has 0 radical (unpaired) electrons. The Morgan fingerprint density at radius 1 is 1.08 bits per heavy atom. The summed E-state index contributed by atoms with van der Waals surface area (Å²) in [6.07, 6.45) is 4.84. The van der Waals surface area contributed by atoms with Gasteiger partial charge in [0, 0.05) is 11.9 Å². The summed E-state index contributed by atoms with van der Waals surface area (Å²) in [4.78, 5) is 0. The first-order chi connectivity index (χ1) is 6.28. The number of halogens is 1. The van der Waals surface area contributed by atoms with Gasteiger partial charge in [-0.3, -0.25) is 0 Å². The molecular weight excluding hydrogens is 182 g/mol. The van der Waals surface area contributed by atoms with Gasteiger partial charge in [0.25, 0.3) is 0 Å². The molecule has 0 aliphatic heterocycles. The predicted octanol–water partition coefficient (Wildman–Crippen LogP) is 3.42. The Morgan fingerprint density at radius 2 is 1.69 bits per heavy atom. The largest absolute Gasteiger partial charge is 0.314 e. The van der Waals surface area contributed by atoms with Gasteiger partial charge in [-0.2, -0.15) is 0 Å². The minimum absolute atomic E-state index is 0.623. The van der Waals surface area contributed by atoms with Crippen LogP contribution in [0.15, 0.2) is 0 Å². The van der Waals surface area contributed by atoms with Gasteiger partial charge in [-0.05, 0) is 25.3 Å². The zero-order valence-corrected chi connectivity index (χ0v) is 10.0. The lowest BCUT2D eigenvalue weighted by Crippen LogP contribution is -2.33. The van der Waals surface area contributed by atoms with E-state index in [9.17, 15) is 0 Å². The molecule has 0 saturated heterocycles. The van der Waals surface area contributed by atoms with E-state index < -0.39 is 0 Å². The molecule has 0 aromatic heterocycles. The van der Waals surface area contributed by atoms with Gasteiger partial charge >= 0.3 is 0 Å². The second kappa shape index (κ2) is 8.83. The molecule has 0 saturated carbocycles. The second-order valence-electron chi connectivity index (χ2n) is 3.67. The van der Waals surface area contributed by atoms with E-state index in [0.717, 1.165) is 24.8 Å². The fourth-order valence-corrected chi connectivity index (χ4v) is 1.76. The monoisotopic (exact) mass is 205 g/mol. The van der Waals surface area contributed by atoms with Crippen molar-refractivity contribution in [2.24, 2.45) is 5.92 Å². The minimum atomic E-state index is 0.623. The molecule has 0 heterocycles. The number of hydrogen-bond acceptors (Lipinski definition) is 1. The summed E-state index contributed by atoms with van der Waals surface area (Å²) in [6.45, 7) is 7.90. The van der Waals surface area contributed by atoms with Gasteiger partial charge in [0.05, 0.1) is 0 Å². The molecule has 1 N–H and O–H groups in total. The third-order valence-electron chi connectivity index (χ3n) is 2.80. The molecule has 0 amide bonds. The van der Waals surface area contributed by atoms with E-state index in [1.165, 1.54) is 19.3 Å². The van der Waals surface area contributed by atoms with Gasteiger partial charge in [0.2, 0.25) is 0 Å². The van der Waals surface area contributed by atoms with Gasteiger partial charge < -0.3 is 5.32 Å². The van der Waals surface area contributed by atoms with E-state index in [-0.39, 0.29) is 0 Å². The van der Waals surface area contributed by atoms with Crippen molar-refractivity contribution < 1.29 is 0 Å². The minimum Gasteiger partial charge on any atom is -0.314 e. The topological polar surface area (TPSA) is 12.0 Å². The number of nitrogens with one attached hydrogen (secondary N) is 1. The van der Waals surface area contributed by atoms with Gasteiger partial charge in [-0.25, -0.2) is 0 Å². The lowest BCUT2D eigenvalue weighted by atomic mass is 10.0. The lowest BCUT2D eigenvalue weighted by molar-refractivity contribution is 0.396. The summed E-state index contributed by atoms with van der Waals surface area (Å²) < 4.78 is 0. The van der Waals surface area contributed by atoms with Crippen molar-refractivity contribution in [3.8, 4) is 0 Å². The maximum absolute atomic E-state index is 5.72. The Labute approximate surface area is 88.2 Å². The van der Waals surface area contributed by atoms with Crippen molar-refractivity contribution in [2.75, 3.05) is 12.4 Å². The average molecular weight is 206 g/mol. The third-order valence-corrected chi connectivity index (χ3v) is 3.02. The van der Waals surface area contributed by atoms with E-state index in [1.807, 2.05) is 0 Å². The molecule has 80 valence electrons. The first-order valence-electron chi connectivity index (χ1n) is 5.57. The van der Waals surface area contributed by atoms with E-state index in [1.54, 1.807) is 0 Å². The van der Waals surface area contributed by atoms with Gasteiger partial charge in [0.15, 0.2) is 0 Å². The van der Waals surface area contributed by atoms with Crippen LogP contribution in [0.1, 0.15) is 46.5 Å². The van der Waals surface area contributed by atoms with E-state index in [2.05, 4.69) is 26.1 Å². The molecule has 0 aromatic rings. The highest BCUT2D eigenvalue weighted by Crippen LogP contribution is 2.07. The van der Waals surface area contributed by atoms with Crippen LogP contribution in [0, 0.1) is 5.92 Å². The van der Waals surface area contributed by atoms with Crippen LogP contribution in [0.4, 0.5) is 0 Å². The van der Waals surface area contributed by atoms with Crippen molar-refractivity contribution in [1.82, 2.24) is 5.32 Å². The summed E-state index contributed by atoms with van der Waals surface area (Å²) in [5.41, 5.74) is 0. The van der Waals surface area contributed by atoms with E-state index >= 15 is 0 Å². The van der Waals surface area contributed by atoms with Crippen molar-refractivity contribution in [3.05, 3.63) is 0 Å². The van der Waals surface area contributed by atoms with Crippen LogP contribution in [-0.2, 0) is 0 Å². The molecule has 0 fully saturated rings. The predicted molar refractivity (Wildman–Crippen MR) is 61.5 cm³/mol. The Morgan fingerprint density at radius 3 is 2.08 bits per heavy atom. The molecule has 1 unspecified atom stereocenters. The summed E-state index contributed by atoms with van der Waals surface area (Å²) in [7, 11) is 0. The molecule has 13 heavy (non-hydrogen) atoms. The van der Waals surface area contributed by atoms with Crippen LogP contribution < -0.4 is 5.32 Å². The van der Waals surface area contributed by atoms with Crippen molar-refractivity contribution in [2.45, 2.75) is 52.5 Å². The van der Waals surface area contributed by atoms with Gasteiger partial charge in [-0.15, -0.1) is 11.6 Å². The van der Waals surface area contributed by atoms with Crippen LogP contribution in [-0.4, -0.2) is 18.5 Å². The zero-order valence-electron chi connectivity index (χ0n) is 9.28. The third kappa shape index (κ3) is 6.34. The highest BCUT2D eigenvalue weighted by atomic mass is 35.5. The molecule has 1 atom stereocenters. The molecule has 1 nitrogen and oxygen atoms in total. The molecule has 0 bridgehead atoms. The quantitative estimate of drug-likeness (QED) is 0.599. The first kappa shape index (κ1) is 13.2. The van der Waals surface area contributed by atoms with Crippen LogP contribution in [0.3, 0.4) is 0 Å². The van der Waals surface area contributed by atoms with Crippen LogP contribution >= 0.6 is 11.6 Å². The fourth-order valence-electron chi connectivity index (χ4n) is 1.49. The summed E-state index contributed by atoms with van der Waals surface area (Å²) in [5, 5.41) is 3.59. The van der Waals surface area contributed by atoms with Crippen LogP contribution in [0.25, 0.3) is 0 Å². The smallest absolute Gasteiger partial charge is 0.0238 e. The molecular formula is C11H24ClN. The Hall–Kier alpha value is 0.250. The lowest BCUT2D eigenvalue weighted by Gasteiger charge is -2.19. The van der Waals surface area contributed by atoms with Crippen LogP contribution in [0.2, 0.25) is 0 Å². The fraction of sp³-hybridized carbons (Fsp3) is 1.00.